The lowest BCUT2D eigenvalue weighted by molar-refractivity contribution is 0.445. The number of thiophene rings is 1. The van der Waals surface area contributed by atoms with Gasteiger partial charge in [0.2, 0.25) is 5.95 Å². The van der Waals surface area contributed by atoms with Gasteiger partial charge < -0.3 is 15.5 Å². The molecule has 5 aromatic heterocycles. The van der Waals surface area contributed by atoms with Crippen LogP contribution in [0.15, 0.2) is 82.8 Å². The summed E-state index contributed by atoms with van der Waals surface area (Å²) in [4.78, 5) is 35.7. The lowest BCUT2D eigenvalue weighted by Crippen LogP contribution is -2.44. The van der Waals surface area contributed by atoms with Crippen molar-refractivity contribution in [1.82, 2.24) is 34.2 Å². The molecule has 0 saturated carbocycles. The molecule has 2 N–H and O–H groups in total. The van der Waals surface area contributed by atoms with Gasteiger partial charge in [0.1, 0.15) is 5.65 Å². The van der Waals surface area contributed by atoms with Crippen LogP contribution in [-0.4, -0.2) is 55.1 Å². The van der Waals surface area contributed by atoms with Gasteiger partial charge in [0.25, 0.3) is 5.56 Å². The molecule has 12 heteroatoms. The van der Waals surface area contributed by atoms with Gasteiger partial charge in [0.05, 0.1) is 18.3 Å². The number of likely N-dealkylation sites (N-methyl/N-ethyl adjacent to an activating group) is 1. The minimum absolute atomic E-state index is 0.163. The number of hydrogen-bond acceptors (Lipinski definition) is 11. The second-order valence-corrected chi connectivity index (χ2v) is 12.2. The molecule has 1 aliphatic rings. The van der Waals surface area contributed by atoms with Crippen LogP contribution in [-0.2, 0) is 6.54 Å². The molecule has 0 bridgehead atoms. The summed E-state index contributed by atoms with van der Waals surface area (Å²) in [5.74, 6) is 0.996. The van der Waals surface area contributed by atoms with E-state index < -0.39 is 0 Å². The first-order valence-corrected chi connectivity index (χ1v) is 15.8. The normalized spacial score (nSPS) is 15.0. The Balaban J connectivity index is 1.20. The van der Waals surface area contributed by atoms with Gasteiger partial charge in [-0.25, -0.2) is 19.3 Å². The molecule has 6 heterocycles. The fourth-order valence-electron chi connectivity index (χ4n) is 5.35. The standard InChI is InChI=1S/C31H29N9OS2/c1-39(25-4-2-10-32-17-25)24-8-6-23(7-9-24)37-31-35-13-20-12-27(21-14-33-28(34-15-21)22-16-36-43-19-22)30(41)40(29(20)38-31)18-26-5-3-11-42-26/h3,5-9,11-16,19,25,32H,2,4,10,17-18H2,1H3,(H,35,37,38). The molecule has 0 radical (unpaired) electrons. The summed E-state index contributed by atoms with van der Waals surface area (Å²) in [7, 11) is 2.15. The Bertz CT molecular complexity index is 1880. The van der Waals surface area contributed by atoms with E-state index in [0.717, 1.165) is 34.6 Å². The average Bonchev–Trinajstić information content (AvgIpc) is 3.78. The molecule has 1 aliphatic heterocycles. The van der Waals surface area contributed by atoms with E-state index in [4.69, 9.17) is 4.98 Å². The van der Waals surface area contributed by atoms with E-state index in [0.29, 0.717) is 41.1 Å². The molecule has 1 fully saturated rings. The number of piperidine rings is 1. The monoisotopic (exact) mass is 607 g/mol. The molecule has 0 spiro atoms. The number of aromatic nitrogens is 6. The Hall–Kier alpha value is -4.52. The third kappa shape index (κ3) is 5.76. The summed E-state index contributed by atoms with van der Waals surface area (Å²) in [6.07, 6.45) is 9.23. The number of fused-ring (bicyclic) bond motifs is 1. The molecule has 1 unspecified atom stereocenters. The maximum absolute atomic E-state index is 13.9. The molecule has 1 aromatic carbocycles. The summed E-state index contributed by atoms with van der Waals surface area (Å²) < 4.78 is 5.83. The van der Waals surface area contributed by atoms with E-state index in [1.165, 1.54) is 30.1 Å². The van der Waals surface area contributed by atoms with Crippen molar-refractivity contribution in [1.29, 1.82) is 0 Å². The van der Waals surface area contributed by atoms with Crippen molar-refractivity contribution in [3.05, 3.63) is 93.2 Å². The fourth-order valence-corrected chi connectivity index (χ4v) is 6.55. The van der Waals surface area contributed by atoms with Crippen LogP contribution in [0.4, 0.5) is 17.3 Å². The maximum Gasteiger partial charge on any atom is 0.260 e. The van der Waals surface area contributed by atoms with Gasteiger partial charge in [-0.2, -0.15) is 4.98 Å². The number of nitrogens with zero attached hydrogens (tertiary/aromatic N) is 7. The van der Waals surface area contributed by atoms with Gasteiger partial charge in [-0.15, -0.1) is 11.3 Å². The third-order valence-corrected chi connectivity index (χ3v) is 9.17. The highest BCUT2D eigenvalue weighted by atomic mass is 32.1. The van der Waals surface area contributed by atoms with Crippen molar-refractivity contribution >= 4 is 51.2 Å². The summed E-state index contributed by atoms with van der Waals surface area (Å²) in [5, 5.41) is 11.5. The molecule has 1 saturated heterocycles. The van der Waals surface area contributed by atoms with Crippen molar-refractivity contribution in [3.63, 3.8) is 0 Å². The smallest absolute Gasteiger partial charge is 0.260 e. The topological polar surface area (TPSA) is 114 Å². The first kappa shape index (κ1) is 27.3. The SMILES string of the molecule is CN(c1ccc(Nc2ncc3cc(-c4cnc(-c5cnsc5)nc4)c(=O)n(Cc4cccs4)c3n2)cc1)C1CCCNC1. The highest BCUT2D eigenvalue weighted by molar-refractivity contribution is 7.09. The molecule has 7 rings (SSSR count). The molecule has 0 aliphatic carbocycles. The molecular weight excluding hydrogens is 579 g/mol. The van der Waals surface area contributed by atoms with Crippen LogP contribution in [0.3, 0.4) is 0 Å². The van der Waals surface area contributed by atoms with E-state index in [2.05, 4.69) is 54.0 Å². The van der Waals surface area contributed by atoms with E-state index in [1.807, 2.05) is 41.1 Å². The van der Waals surface area contributed by atoms with E-state index in [1.54, 1.807) is 40.7 Å². The molecule has 1 atom stereocenters. The predicted octanol–water partition coefficient (Wildman–Crippen LogP) is 5.41. The van der Waals surface area contributed by atoms with Gasteiger partial charge in [0.15, 0.2) is 5.82 Å². The fraction of sp³-hybridized carbons (Fsp3) is 0.226. The summed E-state index contributed by atoms with van der Waals surface area (Å²) in [6.45, 7) is 2.49. The van der Waals surface area contributed by atoms with Crippen molar-refractivity contribution in [2.45, 2.75) is 25.4 Å². The van der Waals surface area contributed by atoms with Crippen LogP contribution in [0.25, 0.3) is 33.5 Å². The van der Waals surface area contributed by atoms with Gasteiger partial charge in [-0.3, -0.25) is 9.36 Å². The number of anilines is 3. The highest BCUT2D eigenvalue weighted by Crippen LogP contribution is 2.26. The predicted molar refractivity (Wildman–Crippen MR) is 173 cm³/mol. The van der Waals surface area contributed by atoms with Crippen LogP contribution in [0.2, 0.25) is 0 Å². The van der Waals surface area contributed by atoms with Crippen molar-refractivity contribution in [2.24, 2.45) is 0 Å². The zero-order chi connectivity index (χ0) is 29.2. The Morgan fingerprint density at radius 3 is 2.65 bits per heavy atom. The van der Waals surface area contributed by atoms with E-state index in [9.17, 15) is 4.79 Å². The number of rotatable bonds is 8. The lowest BCUT2D eigenvalue weighted by Gasteiger charge is -2.33. The second-order valence-electron chi connectivity index (χ2n) is 10.5. The Kier molecular flexibility index (Phi) is 7.62. The molecule has 10 nitrogen and oxygen atoms in total. The molecular formula is C31H29N9OS2. The highest BCUT2D eigenvalue weighted by Gasteiger charge is 2.19. The van der Waals surface area contributed by atoms with Crippen LogP contribution in [0, 0.1) is 0 Å². The minimum Gasteiger partial charge on any atom is -0.370 e. The maximum atomic E-state index is 13.9. The lowest BCUT2D eigenvalue weighted by atomic mass is 10.1. The molecule has 43 heavy (non-hydrogen) atoms. The minimum atomic E-state index is -0.163. The van der Waals surface area contributed by atoms with Crippen LogP contribution in [0.1, 0.15) is 17.7 Å². The van der Waals surface area contributed by atoms with Crippen LogP contribution < -0.4 is 21.1 Å². The van der Waals surface area contributed by atoms with Gasteiger partial charge in [-0.05, 0) is 72.7 Å². The molecule has 0 amide bonds. The van der Waals surface area contributed by atoms with Gasteiger partial charge >= 0.3 is 0 Å². The van der Waals surface area contributed by atoms with Crippen molar-refractivity contribution in [2.75, 3.05) is 30.4 Å². The average molecular weight is 608 g/mol. The quantitative estimate of drug-likeness (QED) is 0.234. The number of benzene rings is 1. The van der Waals surface area contributed by atoms with E-state index in [-0.39, 0.29) is 5.56 Å². The van der Waals surface area contributed by atoms with Gasteiger partial charge in [-0.1, -0.05) is 6.07 Å². The third-order valence-electron chi connectivity index (χ3n) is 7.72. The summed E-state index contributed by atoms with van der Waals surface area (Å²) >= 11 is 2.95. The van der Waals surface area contributed by atoms with Gasteiger partial charge in [0, 0.05) is 76.4 Å². The number of hydrogen-bond donors (Lipinski definition) is 2. The van der Waals surface area contributed by atoms with E-state index >= 15 is 0 Å². The Morgan fingerprint density at radius 1 is 1.07 bits per heavy atom. The first-order chi connectivity index (χ1) is 21.1. The van der Waals surface area contributed by atoms with Crippen molar-refractivity contribution in [3.8, 4) is 22.5 Å². The second kappa shape index (κ2) is 12.0. The van der Waals surface area contributed by atoms with Crippen molar-refractivity contribution < 1.29 is 0 Å². The number of nitrogens with one attached hydrogen (secondary N) is 2. The molecule has 216 valence electrons. The summed E-state index contributed by atoms with van der Waals surface area (Å²) in [5.41, 5.74) is 4.42. The zero-order valence-corrected chi connectivity index (χ0v) is 25.1. The largest absolute Gasteiger partial charge is 0.370 e. The summed E-state index contributed by atoms with van der Waals surface area (Å²) in [6, 6.07) is 14.6. The first-order valence-electron chi connectivity index (χ1n) is 14.1. The Labute approximate surface area is 256 Å². The van der Waals surface area contributed by atoms with Crippen LogP contribution in [0.5, 0.6) is 0 Å². The van der Waals surface area contributed by atoms with Crippen LogP contribution >= 0.6 is 22.9 Å². The number of pyridine rings is 1. The zero-order valence-electron chi connectivity index (χ0n) is 23.5. The molecule has 6 aromatic rings. The Morgan fingerprint density at radius 2 is 1.93 bits per heavy atom.